The number of aryl methyl sites for hydroxylation is 1. The lowest BCUT2D eigenvalue weighted by Crippen LogP contribution is -2.36. The number of nitrogens with one attached hydrogen (secondary N) is 2. The predicted octanol–water partition coefficient (Wildman–Crippen LogP) is 1.68. The van der Waals surface area contributed by atoms with Gasteiger partial charge in [0.1, 0.15) is 5.75 Å². The van der Waals surface area contributed by atoms with Gasteiger partial charge in [0.15, 0.2) is 23.9 Å². The van der Waals surface area contributed by atoms with Gasteiger partial charge in [-0.3, -0.25) is 9.59 Å². The Morgan fingerprint density at radius 3 is 2.18 bits per heavy atom. The molecule has 0 bridgehead atoms. The molecule has 2 amide bonds. The van der Waals surface area contributed by atoms with Crippen LogP contribution in [0, 0.1) is 0 Å². The van der Waals surface area contributed by atoms with Crippen LogP contribution in [0.15, 0.2) is 36.4 Å². The molecule has 0 aromatic heterocycles. The Hall–Kier alpha value is -3.42. The largest absolute Gasteiger partial charge is 0.504 e. The quantitative estimate of drug-likeness (QED) is 0.328. The van der Waals surface area contributed by atoms with Gasteiger partial charge in [0.2, 0.25) is 0 Å². The number of hydrogen-bond donors (Lipinski definition) is 5. The second-order valence-corrected chi connectivity index (χ2v) is 6.15. The minimum Gasteiger partial charge on any atom is -0.504 e. The van der Waals surface area contributed by atoms with E-state index in [2.05, 4.69) is 17.6 Å². The molecule has 150 valence electrons. The molecule has 2 rings (SSSR count). The minimum absolute atomic E-state index is 0.0195. The molecule has 0 aliphatic heterocycles. The van der Waals surface area contributed by atoms with Crippen LogP contribution in [-0.2, 0) is 11.2 Å². The van der Waals surface area contributed by atoms with Crippen molar-refractivity contribution in [2.45, 2.75) is 19.8 Å². The second-order valence-electron chi connectivity index (χ2n) is 6.15. The van der Waals surface area contributed by atoms with E-state index in [0.29, 0.717) is 5.75 Å². The number of aromatic hydroxyl groups is 3. The molecular weight excluding hydrogens is 364 g/mol. The monoisotopic (exact) mass is 388 g/mol. The molecule has 0 spiro atoms. The summed E-state index contributed by atoms with van der Waals surface area (Å²) in [4.78, 5) is 23.7. The lowest BCUT2D eigenvalue weighted by Gasteiger charge is -2.10. The van der Waals surface area contributed by atoms with Crippen molar-refractivity contribution in [1.82, 2.24) is 10.6 Å². The lowest BCUT2D eigenvalue weighted by atomic mass is 10.1. The highest BCUT2D eigenvalue weighted by atomic mass is 16.5. The fraction of sp³-hybridized carbons (Fsp3) is 0.300. The average Bonchev–Trinajstić information content (AvgIpc) is 2.68. The summed E-state index contributed by atoms with van der Waals surface area (Å²) in [6.07, 6.45) is 2.06. The van der Waals surface area contributed by atoms with Crippen molar-refractivity contribution < 1.29 is 29.6 Å². The van der Waals surface area contributed by atoms with Crippen molar-refractivity contribution in [2.24, 2.45) is 0 Å². The Labute approximate surface area is 162 Å². The summed E-state index contributed by atoms with van der Waals surface area (Å²) in [5.41, 5.74) is 1.19. The van der Waals surface area contributed by atoms with Crippen LogP contribution in [0.3, 0.4) is 0 Å². The summed E-state index contributed by atoms with van der Waals surface area (Å²) >= 11 is 0. The van der Waals surface area contributed by atoms with Crippen LogP contribution < -0.4 is 15.4 Å². The summed E-state index contributed by atoms with van der Waals surface area (Å²) in [6.45, 7) is 2.29. The number of phenols is 3. The molecule has 0 saturated heterocycles. The van der Waals surface area contributed by atoms with Crippen molar-refractivity contribution in [2.75, 3.05) is 19.7 Å². The minimum atomic E-state index is -0.691. The van der Waals surface area contributed by atoms with Gasteiger partial charge in [0.05, 0.1) is 0 Å². The van der Waals surface area contributed by atoms with Gasteiger partial charge in [0, 0.05) is 18.7 Å². The summed E-state index contributed by atoms with van der Waals surface area (Å²) in [6, 6.07) is 9.63. The summed E-state index contributed by atoms with van der Waals surface area (Å²) in [7, 11) is 0. The van der Waals surface area contributed by atoms with Gasteiger partial charge in [-0.25, -0.2) is 0 Å². The predicted molar refractivity (Wildman–Crippen MR) is 103 cm³/mol. The third kappa shape index (κ3) is 6.08. The SMILES string of the molecule is CCCc1ccc(OCC(=O)NCCNC(=O)c2cc(O)c(O)c(O)c2)cc1. The molecule has 2 aromatic carbocycles. The van der Waals surface area contributed by atoms with E-state index in [9.17, 15) is 24.9 Å². The second kappa shape index (κ2) is 10.1. The Morgan fingerprint density at radius 1 is 0.964 bits per heavy atom. The highest BCUT2D eigenvalue weighted by molar-refractivity contribution is 5.95. The molecule has 0 aliphatic carbocycles. The van der Waals surface area contributed by atoms with E-state index in [0.717, 1.165) is 25.0 Å². The van der Waals surface area contributed by atoms with E-state index in [1.165, 1.54) is 5.56 Å². The molecule has 8 nitrogen and oxygen atoms in total. The molecule has 0 radical (unpaired) electrons. The molecule has 0 fully saturated rings. The molecule has 0 saturated carbocycles. The smallest absolute Gasteiger partial charge is 0.258 e. The van der Waals surface area contributed by atoms with E-state index in [-0.39, 0.29) is 31.2 Å². The van der Waals surface area contributed by atoms with Gasteiger partial charge in [-0.15, -0.1) is 0 Å². The maximum absolute atomic E-state index is 11.9. The van der Waals surface area contributed by atoms with Crippen LogP contribution in [0.25, 0.3) is 0 Å². The molecule has 8 heteroatoms. The fourth-order valence-electron chi connectivity index (χ4n) is 2.46. The maximum Gasteiger partial charge on any atom is 0.258 e. The van der Waals surface area contributed by atoms with Crippen molar-refractivity contribution >= 4 is 11.8 Å². The van der Waals surface area contributed by atoms with Gasteiger partial charge < -0.3 is 30.7 Å². The van der Waals surface area contributed by atoms with Crippen LogP contribution >= 0.6 is 0 Å². The molecule has 28 heavy (non-hydrogen) atoms. The zero-order chi connectivity index (χ0) is 20.5. The first-order valence-electron chi connectivity index (χ1n) is 8.92. The van der Waals surface area contributed by atoms with E-state index in [4.69, 9.17) is 4.74 Å². The maximum atomic E-state index is 11.9. The molecular formula is C20H24N2O6. The standard InChI is InChI=1S/C20H24N2O6/c1-2-3-13-4-6-15(7-5-13)28-12-18(25)21-8-9-22-20(27)14-10-16(23)19(26)17(24)11-14/h4-7,10-11,23-24,26H,2-3,8-9,12H2,1H3,(H,21,25)(H,22,27). The van der Waals surface area contributed by atoms with E-state index < -0.39 is 23.2 Å². The first kappa shape index (κ1) is 20.9. The summed E-state index contributed by atoms with van der Waals surface area (Å²) < 4.78 is 5.41. The van der Waals surface area contributed by atoms with Gasteiger partial charge in [-0.1, -0.05) is 25.5 Å². The molecule has 0 heterocycles. The number of benzene rings is 2. The number of rotatable bonds is 9. The van der Waals surface area contributed by atoms with E-state index >= 15 is 0 Å². The third-order valence-corrected chi connectivity index (χ3v) is 3.90. The van der Waals surface area contributed by atoms with Crippen LogP contribution in [0.1, 0.15) is 29.3 Å². The Bertz CT molecular complexity index is 797. The Kier molecular flexibility index (Phi) is 7.50. The number of ether oxygens (including phenoxy) is 1. The molecule has 0 atom stereocenters. The highest BCUT2D eigenvalue weighted by Crippen LogP contribution is 2.35. The van der Waals surface area contributed by atoms with Gasteiger partial charge >= 0.3 is 0 Å². The zero-order valence-electron chi connectivity index (χ0n) is 15.6. The van der Waals surface area contributed by atoms with Gasteiger partial charge in [-0.2, -0.15) is 0 Å². The van der Waals surface area contributed by atoms with Crippen molar-refractivity contribution in [3.8, 4) is 23.0 Å². The van der Waals surface area contributed by atoms with Gasteiger partial charge in [-0.05, 0) is 36.2 Å². The summed E-state index contributed by atoms with van der Waals surface area (Å²) in [5.74, 6) is -2.18. The Morgan fingerprint density at radius 2 is 1.57 bits per heavy atom. The van der Waals surface area contributed by atoms with E-state index in [1.54, 1.807) is 0 Å². The lowest BCUT2D eigenvalue weighted by molar-refractivity contribution is -0.123. The van der Waals surface area contributed by atoms with Crippen molar-refractivity contribution in [3.05, 3.63) is 47.5 Å². The summed E-state index contributed by atoms with van der Waals surface area (Å²) in [5, 5.41) is 33.2. The number of amides is 2. The Balaban J connectivity index is 1.68. The number of phenolic OH excluding ortho intramolecular Hbond substituents is 3. The first-order valence-corrected chi connectivity index (χ1v) is 8.92. The van der Waals surface area contributed by atoms with Crippen LogP contribution in [0.4, 0.5) is 0 Å². The van der Waals surface area contributed by atoms with Crippen molar-refractivity contribution in [3.63, 3.8) is 0 Å². The van der Waals surface area contributed by atoms with Gasteiger partial charge in [0.25, 0.3) is 11.8 Å². The average molecular weight is 388 g/mol. The number of hydrogen-bond acceptors (Lipinski definition) is 6. The van der Waals surface area contributed by atoms with Crippen LogP contribution in [0.5, 0.6) is 23.0 Å². The van der Waals surface area contributed by atoms with E-state index in [1.807, 2.05) is 24.3 Å². The number of carbonyl (C=O) groups is 2. The topological polar surface area (TPSA) is 128 Å². The molecule has 5 N–H and O–H groups in total. The molecule has 0 unspecified atom stereocenters. The highest BCUT2D eigenvalue weighted by Gasteiger charge is 2.13. The van der Waals surface area contributed by atoms with Crippen LogP contribution in [0.2, 0.25) is 0 Å². The normalized spacial score (nSPS) is 10.3. The van der Waals surface area contributed by atoms with Crippen LogP contribution in [-0.4, -0.2) is 46.8 Å². The molecule has 0 aliphatic rings. The fourth-order valence-corrected chi connectivity index (χ4v) is 2.46. The zero-order valence-corrected chi connectivity index (χ0v) is 15.6. The van der Waals surface area contributed by atoms with Crippen molar-refractivity contribution in [1.29, 1.82) is 0 Å². The molecule has 2 aromatic rings. The first-order chi connectivity index (χ1) is 13.4. The number of carbonyl (C=O) groups excluding carboxylic acids is 2. The third-order valence-electron chi connectivity index (χ3n) is 3.90.